The van der Waals surface area contributed by atoms with Crippen LogP contribution in [-0.2, 0) is 9.53 Å². The molecule has 1 aromatic heterocycles. The van der Waals surface area contributed by atoms with Crippen molar-refractivity contribution in [3.8, 4) is 5.75 Å². The third-order valence-corrected chi connectivity index (χ3v) is 6.45. The Morgan fingerprint density at radius 2 is 1.97 bits per heavy atom. The van der Waals surface area contributed by atoms with Crippen molar-refractivity contribution in [3.63, 3.8) is 0 Å². The van der Waals surface area contributed by atoms with E-state index < -0.39 is 17.0 Å². The van der Waals surface area contributed by atoms with Gasteiger partial charge in [0.25, 0.3) is 5.56 Å². The number of nitrogens with zero attached hydrogens (tertiary/aromatic N) is 4. The van der Waals surface area contributed by atoms with Gasteiger partial charge in [0, 0.05) is 22.0 Å². The number of fused-ring (bicyclic) bond motifs is 1. The van der Waals surface area contributed by atoms with Gasteiger partial charge in [-0.1, -0.05) is 29.8 Å². The number of esters is 1. The molecule has 0 aliphatic rings. The molecular weight excluding hydrogens is 600 g/mol. The summed E-state index contributed by atoms with van der Waals surface area (Å²) in [5.74, 6) is -0.349. The standard InChI is InChI=1S/C24H24Br2N4O6/c1-5-13(3)22-28-19-8-7-16(25)11-17(19)23(31)29(22)27-12-15-9-18(26)21(20(10-15)30(33)34)36-14(4)24(32)35-6-2/h7-14H,5-6H2,1-4H3/t13-,14-/m0/s1. The average molecular weight is 624 g/mol. The van der Waals surface area contributed by atoms with Crippen LogP contribution >= 0.6 is 31.9 Å². The Labute approximate surface area is 223 Å². The lowest BCUT2D eigenvalue weighted by atomic mass is 10.1. The first-order valence-electron chi connectivity index (χ1n) is 11.1. The van der Waals surface area contributed by atoms with Crippen LogP contribution in [-0.4, -0.2) is 39.5 Å². The number of ether oxygens (including phenoxy) is 2. The summed E-state index contributed by atoms with van der Waals surface area (Å²) in [6, 6.07) is 8.04. The quantitative estimate of drug-likeness (QED) is 0.132. The zero-order chi connectivity index (χ0) is 26.6. The maximum Gasteiger partial charge on any atom is 0.347 e. The van der Waals surface area contributed by atoms with Crippen LogP contribution in [0.4, 0.5) is 5.69 Å². The number of hydrogen-bond donors (Lipinski definition) is 0. The number of carbonyl (C=O) groups is 1. The lowest BCUT2D eigenvalue weighted by Gasteiger charge is -2.15. The maximum atomic E-state index is 13.3. The normalized spacial score (nSPS) is 13.1. The Hall–Kier alpha value is -3.12. The number of nitro benzene ring substituents is 1. The van der Waals surface area contributed by atoms with Gasteiger partial charge in [0.2, 0.25) is 5.75 Å². The van der Waals surface area contributed by atoms with Crippen molar-refractivity contribution >= 4 is 60.6 Å². The number of carbonyl (C=O) groups excluding carboxylic acids is 1. The van der Waals surface area contributed by atoms with E-state index in [4.69, 9.17) is 9.47 Å². The highest BCUT2D eigenvalue weighted by atomic mass is 79.9. The molecule has 0 saturated heterocycles. The molecule has 36 heavy (non-hydrogen) atoms. The van der Waals surface area contributed by atoms with Gasteiger partial charge >= 0.3 is 11.7 Å². The molecule has 0 unspecified atom stereocenters. The third-order valence-electron chi connectivity index (χ3n) is 5.36. The summed E-state index contributed by atoms with van der Waals surface area (Å²) in [4.78, 5) is 41.0. The maximum absolute atomic E-state index is 13.3. The van der Waals surface area contributed by atoms with E-state index in [9.17, 15) is 19.7 Å². The van der Waals surface area contributed by atoms with Crippen LogP contribution in [0.25, 0.3) is 10.9 Å². The van der Waals surface area contributed by atoms with Gasteiger partial charge in [-0.2, -0.15) is 9.78 Å². The van der Waals surface area contributed by atoms with Gasteiger partial charge in [0.15, 0.2) is 6.10 Å². The SMILES string of the molecule is CCOC(=O)[C@H](C)Oc1c(Br)cc(C=Nn2c([C@@H](C)CC)nc3ccc(Br)cc3c2=O)cc1[N+](=O)[O-]. The Balaban J connectivity index is 2.08. The second-order valence-electron chi connectivity index (χ2n) is 7.92. The van der Waals surface area contributed by atoms with Crippen LogP contribution in [0.5, 0.6) is 5.75 Å². The second kappa shape index (κ2) is 11.7. The highest BCUT2D eigenvalue weighted by Gasteiger charge is 2.25. The summed E-state index contributed by atoms with van der Waals surface area (Å²) in [6.07, 6.45) is 1.01. The zero-order valence-electron chi connectivity index (χ0n) is 20.0. The van der Waals surface area contributed by atoms with E-state index >= 15 is 0 Å². The molecule has 12 heteroatoms. The van der Waals surface area contributed by atoms with Crippen molar-refractivity contribution in [2.45, 2.75) is 46.1 Å². The molecule has 0 spiro atoms. The van der Waals surface area contributed by atoms with Gasteiger partial charge < -0.3 is 9.47 Å². The van der Waals surface area contributed by atoms with Crippen LogP contribution in [0.1, 0.15) is 51.4 Å². The number of aromatic nitrogens is 2. The molecule has 1 heterocycles. The lowest BCUT2D eigenvalue weighted by Crippen LogP contribution is -2.26. The summed E-state index contributed by atoms with van der Waals surface area (Å²) < 4.78 is 12.6. The molecule has 3 aromatic rings. The van der Waals surface area contributed by atoms with Crippen molar-refractivity contribution in [2.75, 3.05) is 6.61 Å². The predicted molar refractivity (Wildman–Crippen MR) is 143 cm³/mol. The molecule has 0 amide bonds. The van der Waals surface area contributed by atoms with Crippen molar-refractivity contribution in [1.82, 2.24) is 9.66 Å². The number of halogens is 2. The molecule has 0 aliphatic heterocycles. The summed E-state index contributed by atoms with van der Waals surface area (Å²) in [6.45, 7) is 7.17. The van der Waals surface area contributed by atoms with E-state index in [1.165, 1.54) is 23.9 Å². The minimum absolute atomic E-state index is 0.0656. The Morgan fingerprint density at radius 1 is 1.25 bits per heavy atom. The molecule has 0 radical (unpaired) electrons. The van der Waals surface area contributed by atoms with E-state index in [1.54, 1.807) is 25.1 Å². The molecule has 0 saturated carbocycles. The van der Waals surface area contributed by atoms with E-state index in [2.05, 4.69) is 41.9 Å². The molecule has 10 nitrogen and oxygen atoms in total. The number of hydrogen-bond acceptors (Lipinski definition) is 8. The second-order valence-corrected chi connectivity index (χ2v) is 9.69. The van der Waals surface area contributed by atoms with Crippen molar-refractivity contribution in [3.05, 3.63) is 71.1 Å². The molecule has 0 aliphatic carbocycles. The third kappa shape index (κ3) is 5.98. The van der Waals surface area contributed by atoms with Crippen LogP contribution in [0, 0.1) is 10.1 Å². The topological polar surface area (TPSA) is 126 Å². The van der Waals surface area contributed by atoms with Gasteiger partial charge in [-0.15, -0.1) is 0 Å². The van der Waals surface area contributed by atoms with Crippen molar-refractivity contribution in [1.29, 1.82) is 0 Å². The van der Waals surface area contributed by atoms with E-state index in [1.807, 2.05) is 19.9 Å². The average Bonchev–Trinajstić information content (AvgIpc) is 2.84. The molecular formula is C24H24Br2N4O6. The molecule has 190 valence electrons. The zero-order valence-corrected chi connectivity index (χ0v) is 23.2. The molecule has 0 fully saturated rings. The van der Waals surface area contributed by atoms with E-state index in [0.29, 0.717) is 22.3 Å². The molecule has 2 aromatic carbocycles. The summed E-state index contributed by atoms with van der Waals surface area (Å²) in [5, 5.41) is 16.5. The minimum atomic E-state index is -1.06. The number of rotatable bonds is 9. The highest BCUT2D eigenvalue weighted by molar-refractivity contribution is 9.10. The van der Waals surface area contributed by atoms with Gasteiger partial charge in [-0.25, -0.2) is 9.78 Å². The van der Waals surface area contributed by atoms with Crippen molar-refractivity contribution in [2.24, 2.45) is 5.10 Å². The molecule has 2 atom stereocenters. The number of benzene rings is 2. The largest absolute Gasteiger partial charge is 0.471 e. The van der Waals surface area contributed by atoms with E-state index in [0.717, 1.165) is 10.9 Å². The van der Waals surface area contributed by atoms with Gasteiger partial charge in [0.05, 0.1) is 33.1 Å². The van der Waals surface area contributed by atoms with Crippen molar-refractivity contribution < 1.29 is 19.2 Å². The molecule has 0 N–H and O–H groups in total. The van der Waals surface area contributed by atoms with Crippen LogP contribution in [0.15, 0.2) is 49.2 Å². The Morgan fingerprint density at radius 3 is 2.61 bits per heavy atom. The summed E-state index contributed by atoms with van der Waals surface area (Å²) in [5.41, 5.74) is 0.156. The van der Waals surface area contributed by atoms with Crippen LogP contribution in [0.2, 0.25) is 0 Å². The first-order chi connectivity index (χ1) is 17.1. The fourth-order valence-corrected chi connectivity index (χ4v) is 4.24. The Bertz CT molecular complexity index is 1410. The summed E-state index contributed by atoms with van der Waals surface area (Å²) >= 11 is 6.66. The summed E-state index contributed by atoms with van der Waals surface area (Å²) in [7, 11) is 0. The van der Waals surface area contributed by atoms with Crippen LogP contribution < -0.4 is 10.3 Å². The monoisotopic (exact) mass is 622 g/mol. The van der Waals surface area contributed by atoms with Gasteiger partial charge in [-0.05, 0) is 60.5 Å². The smallest absolute Gasteiger partial charge is 0.347 e. The minimum Gasteiger partial charge on any atom is -0.471 e. The van der Waals surface area contributed by atoms with Crippen LogP contribution in [0.3, 0.4) is 0 Å². The predicted octanol–water partition coefficient (Wildman–Crippen LogP) is 5.56. The van der Waals surface area contributed by atoms with Gasteiger partial charge in [0.1, 0.15) is 5.82 Å². The Kier molecular flexibility index (Phi) is 8.96. The van der Waals surface area contributed by atoms with E-state index in [-0.39, 0.29) is 34.0 Å². The highest BCUT2D eigenvalue weighted by Crippen LogP contribution is 2.37. The fraction of sp³-hybridized carbons (Fsp3) is 0.333. The van der Waals surface area contributed by atoms with Gasteiger partial charge in [-0.3, -0.25) is 14.9 Å². The fourth-order valence-electron chi connectivity index (χ4n) is 3.31. The first-order valence-corrected chi connectivity index (χ1v) is 12.7. The molecule has 0 bridgehead atoms. The lowest BCUT2D eigenvalue weighted by molar-refractivity contribution is -0.386. The molecule has 3 rings (SSSR count). The number of nitro groups is 1. The first kappa shape index (κ1) is 27.5.